The lowest BCUT2D eigenvalue weighted by atomic mass is 9.99. The van der Waals surface area contributed by atoms with Gasteiger partial charge in [0.25, 0.3) is 0 Å². The van der Waals surface area contributed by atoms with E-state index in [4.69, 9.17) is 14.0 Å². The standard InChI is InChI=1S/C32H63NO12S/c1-3-5-7-9-10-11-12-13-14-15-17-19-21-26(36)31(39)33-24(25(35)20-18-16-8-6-4-2)23-43-32-29(38)30(45-46(40,41)42)28(37)27(22-34)44-32/h24-30,32,34-38H,3-23H2,1-2H3,(H,33,39)(H,40,41,42). The van der Waals surface area contributed by atoms with E-state index in [9.17, 15) is 38.7 Å². The quantitative estimate of drug-likeness (QED) is 0.0467. The molecule has 8 atom stereocenters. The Morgan fingerprint density at radius 3 is 1.74 bits per heavy atom. The molecular weight excluding hydrogens is 622 g/mol. The average molecular weight is 686 g/mol. The molecule has 274 valence electrons. The van der Waals surface area contributed by atoms with Crippen molar-refractivity contribution in [3.05, 3.63) is 0 Å². The maximum atomic E-state index is 12.9. The minimum Gasteiger partial charge on any atom is -0.394 e. The molecule has 7 N–H and O–H groups in total. The smallest absolute Gasteiger partial charge is 0.394 e. The van der Waals surface area contributed by atoms with Crippen LogP contribution in [0.25, 0.3) is 0 Å². The molecule has 0 radical (unpaired) electrons. The lowest BCUT2D eigenvalue weighted by Crippen LogP contribution is -2.61. The van der Waals surface area contributed by atoms with Crippen molar-refractivity contribution >= 4 is 16.3 Å². The number of carbonyl (C=O) groups excluding carboxylic acids is 1. The molecule has 1 aliphatic rings. The van der Waals surface area contributed by atoms with Gasteiger partial charge in [0.2, 0.25) is 5.91 Å². The van der Waals surface area contributed by atoms with Crippen LogP contribution in [0.1, 0.15) is 136 Å². The number of hydrogen-bond donors (Lipinski definition) is 7. The predicted molar refractivity (Wildman–Crippen MR) is 173 cm³/mol. The van der Waals surface area contributed by atoms with Crippen molar-refractivity contribution in [1.82, 2.24) is 5.32 Å². The van der Waals surface area contributed by atoms with E-state index < -0.39 is 78.5 Å². The number of aliphatic hydroxyl groups is 5. The molecule has 0 aliphatic carbocycles. The predicted octanol–water partition coefficient (Wildman–Crippen LogP) is 3.29. The summed E-state index contributed by atoms with van der Waals surface area (Å²) >= 11 is 0. The Balaban J connectivity index is 2.64. The molecule has 14 heteroatoms. The summed E-state index contributed by atoms with van der Waals surface area (Å²) in [7, 11) is -5.09. The van der Waals surface area contributed by atoms with Gasteiger partial charge in [-0.2, -0.15) is 8.42 Å². The average Bonchev–Trinajstić information content (AvgIpc) is 3.01. The molecule has 46 heavy (non-hydrogen) atoms. The summed E-state index contributed by atoms with van der Waals surface area (Å²) in [4.78, 5) is 12.9. The Labute approximate surface area is 276 Å². The van der Waals surface area contributed by atoms with Crippen LogP contribution in [0.15, 0.2) is 0 Å². The van der Waals surface area contributed by atoms with Gasteiger partial charge in [-0.05, 0) is 12.8 Å². The molecule has 0 saturated carbocycles. The number of amides is 1. The maximum absolute atomic E-state index is 12.9. The topological polar surface area (TPSA) is 212 Å². The van der Waals surface area contributed by atoms with Gasteiger partial charge in [-0.3, -0.25) is 9.35 Å². The lowest BCUT2D eigenvalue weighted by Gasteiger charge is -2.41. The van der Waals surface area contributed by atoms with Crippen molar-refractivity contribution < 1.29 is 57.0 Å². The highest BCUT2D eigenvalue weighted by Crippen LogP contribution is 2.26. The Morgan fingerprint density at radius 1 is 0.783 bits per heavy atom. The van der Waals surface area contributed by atoms with Crippen LogP contribution in [0.2, 0.25) is 0 Å². The van der Waals surface area contributed by atoms with Crippen molar-refractivity contribution in [1.29, 1.82) is 0 Å². The van der Waals surface area contributed by atoms with Crippen molar-refractivity contribution in [3.8, 4) is 0 Å². The van der Waals surface area contributed by atoms with Gasteiger partial charge in [-0.15, -0.1) is 0 Å². The fourth-order valence-corrected chi connectivity index (χ4v) is 6.15. The third kappa shape index (κ3) is 18.6. The monoisotopic (exact) mass is 685 g/mol. The first-order valence-electron chi connectivity index (χ1n) is 17.5. The Morgan fingerprint density at radius 2 is 1.26 bits per heavy atom. The van der Waals surface area contributed by atoms with Gasteiger partial charge in [0, 0.05) is 0 Å². The lowest BCUT2D eigenvalue weighted by molar-refractivity contribution is -0.298. The van der Waals surface area contributed by atoms with Gasteiger partial charge >= 0.3 is 10.4 Å². The van der Waals surface area contributed by atoms with E-state index >= 15 is 0 Å². The zero-order chi connectivity index (χ0) is 34.4. The number of ether oxygens (including phenoxy) is 2. The van der Waals surface area contributed by atoms with Crippen LogP contribution in [0.3, 0.4) is 0 Å². The molecule has 1 saturated heterocycles. The Bertz CT molecular complexity index is 879. The molecule has 1 heterocycles. The molecule has 1 fully saturated rings. The summed E-state index contributed by atoms with van der Waals surface area (Å²) in [6.07, 6.45) is 8.11. The minimum absolute atomic E-state index is 0.263. The van der Waals surface area contributed by atoms with E-state index in [0.29, 0.717) is 19.3 Å². The van der Waals surface area contributed by atoms with E-state index in [1.54, 1.807) is 0 Å². The van der Waals surface area contributed by atoms with Crippen LogP contribution < -0.4 is 5.32 Å². The zero-order valence-electron chi connectivity index (χ0n) is 28.0. The summed E-state index contributed by atoms with van der Waals surface area (Å²) in [6, 6.07) is -1.02. The van der Waals surface area contributed by atoms with E-state index in [-0.39, 0.29) is 6.42 Å². The highest BCUT2D eigenvalue weighted by molar-refractivity contribution is 7.80. The van der Waals surface area contributed by atoms with Crippen LogP contribution >= 0.6 is 0 Å². The number of unbranched alkanes of at least 4 members (excludes halogenated alkanes) is 15. The third-order valence-corrected chi connectivity index (χ3v) is 8.99. The first kappa shape index (κ1) is 43.1. The second-order valence-electron chi connectivity index (χ2n) is 12.6. The van der Waals surface area contributed by atoms with Gasteiger partial charge < -0.3 is 40.3 Å². The second-order valence-corrected chi connectivity index (χ2v) is 13.7. The van der Waals surface area contributed by atoms with Gasteiger partial charge in [0.15, 0.2) is 6.29 Å². The molecule has 0 bridgehead atoms. The molecule has 1 aliphatic heterocycles. The molecule has 13 nitrogen and oxygen atoms in total. The van der Waals surface area contributed by atoms with Gasteiger partial charge in [-0.1, -0.05) is 123 Å². The number of aliphatic hydroxyl groups excluding tert-OH is 5. The number of nitrogens with one attached hydrogen (secondary N) is 1. The van der Waals surface area contributed by atoms with Crippen LogP contribution in [-0.2, 0) is 28.9 Å². The summed E-state index contributed by atoms with van der Waals surface area (Å²) in [5.74, 6) is -0.678. The van der Waals surface area contributed by atoms with E-state index in [1.807, 2.05) is 0 Å². The van der Waals surface area contributed by atoms with Crippen molar-refractivity contribution in [2.75, 3.05) is 13.2 Å². The largest absolute Gasteiger partial charge is 0.397 e. The Kier molecular flexibility index (Phi) is 23.5. The van der Waals surface area contributed by atoms with E-state index in [0.717, 1.165) is 44.9 Å². The highest BCUT2D eigenvalue weighted by Gasteiger charge is 2.48. The third-order valence-electron chi connectivity index (χ3n) is 8.52. The van der Waals surface area contributed by atoms with Gasteiger partial charge in [-0.25, -0.2) is 4.18 Å². The molecule has 0 aromatic carbocycles. The van der Waals surface area contributed by atoms with Crippen molar-refractivity contribution in [2.45, 2.75) is 185 Å². The highest BCUT2D eigenvalue weighted by atomic mass is 32.3. The number of hydrogen-bond acceptors (Lipinski definition) is 11. The molecule has 0 aromatic rings. The zero-order valence-corrected chi connectivity index (χ0v) is 28.8. The maximum Gasteiger partial charge on any atom is 0.397 e. The first-order chi connectivity index (χ1) is 21.9. The van der Waals surface area contributed by atoms with Gasteiger partial charge in [0.1, 0.15) is 30.5 Å². The van der Waals surface area contributed by atoms with Crippen LogP contribution in [0, 0.1) is 0 Å². The molecule has 0 aromatic heterocycles. The number of rotatable bonds is 28. The Hall–Kier alpha value is -0.940. The SMILES string of the molecule is CCCCCCCCCCCCCCC(O)C(=O)NC(COC1OC(CO)C(O)C(OS(=O)(=O)O)C1O)C(O)CCCCCCC. The molecule has 8 unspecified atom stereocenters. The molecule has 1 rings (SSSR count). The molecular formula is C32H63NO12S. The fraction of sp³-hybridized carbons (Fsp3) is 0.969. The second kappa shape index (κ2) is 25.1. The van der Waals surface area contributed by atoms with E-state index in [2.05, 4.69) is 23.3 Å². The van der Waals surface area contributed by atoms with Crippen LogP contribution in [0.4, 0.5) is 0 Å². The summed E-state index contributed by atoms with van der Waals surface area (Å²) in [5, 5.41) is 54.5. The summed E-state index contributed by atoms with van der Waals surface area (Å²) in [6.45, 7) is 3.11. The molecule has 1 amide bonds. The van der Waals surface area contributed by atoms with Crippen LogP contribution in [-0.4, -0.2) is 107 Å². The fourth-order valence-electron chi connectivity index (χ4n) is 5.64. The van der Waals surface area contributed by atoms with E-state index in [1.165, 1.54) is 51.4 Å². The summed E-state index contributed by atoms with van der Waals surface area (Å²) < 4.78 is 47.0. The van der Waals surface area contributed by atoms with Crippen molar-refractivity contribution in [3.63, 3.8) is 0 Å². The molecule has 0 spiro atoms. The van der Waals surface area contributed by atoms with Crippen molar-refractivity contribution in [2.24, 2.45) is 0 Å². The minimum atomic E-state index is -5.09. The van der Waals surface area contributed by atoms with Crippen LogP contribution in [0.5, 0.6) is 0 Å². The van der Waals surface area contributed by atoms with Gasteiger partial charge in [0.05, 0.1) is 25.4 Å². The number of carbonyl (C=O) groups is 1. The normalized spacial score (nSPS) is 24.0. The summed E-state index contributed by atoms with van der Waals surface area (Å²) in [5.41, 5.74) is 0. The first-order valence-corrected chi connectivity index (χ1v) is 18.9.